The van der Waals surface area contributed by atoms with Crippen molar-refractivity contribution in [3.05, 3.63) is 65.5 Å². The van der Waals surface area contributed by atoms with Gasteiger partial charge in [-0.1, -0.05) is 47.1 Å². The Hall–Kier alpha value is -1.00. The van der Waals surface area contributed by atoms with Gasteiger partial charge in [0.15, 0.2) is 5.78 Å². The maximum Gasteiger partial charge on any atom is 0.180 e. The summed E-state index contributed by atoms with van der Waals surface area (Å²) in [6, 6.07) is 11.5. The summed E-state index contributed by atoms with van der Waals surface area (Å²) in [6.07, 6.45) is 4.37. The summed E-state index contributed by atoms with van der Waals surface area (Å²) >= 11 is 3.45. The number of hydrogen-bond donors (Lipinski definition) is 0. The van der Waals surface area contributed by atoms with Gasteiger partial charge in [0.25, 0.3) is 0 Å². The minimum Gasteiger partial charge on any atom is -0.293 e. The van der Waals surface area contributed by atoms with Gasteiger partial charge >= 0.3 is 0 Å². The van der Waals surface area contributed by atoms with Crippen molar-refractivity contribution in [2.24, 2.45) is 0 Å². The van der Waals surface area contributed by atoms with Gasteiger partial charge in [-0.3, -0.25) is 9.78 Å². The second-order valence-corrected chi connectivity index (χ2v) is 4.97. The Morgan fingerprint density at radius 2 is 1.74 bits per heavy atom. The largest absolute Gasteiger partial charge is 0.293 e. The number of alkyl halides is 1. The number of carbonyl (C=O) groups is 1. The van der Waals surface area contributed by atoms with Gasteiger partial charge in [0.1, 0.15) is 4.83 Å². The van der Waals surface area contributed by atoms with Crippen molar-refractivity contribution in [1.82, 2.24) is 4.98 Å². The third kappa shape index (κ3) is 3.98. The standard InChI is InChI=1S/C15H14BrNO.BrH/c1-2-11-3-5-13(6-4-11)15(18)14(16)12-7-9-17-10-8-12;/h3-10,14H,2H2,1H3;1H. The third-order valence-corrected chi connectivity index (χ3v) is 3.82. The molecule has 19 heavy (non-hydrogen) atoms. The van der Waals surface area contributed by atoms with Crippen LogP contribution in [0.2, 0.25) is 0 Å². The molecule has 0 spiro atoms. The van der Waals surface area contributed by atoms with Crippen LogP contribution in [0.3, 0.4) is 0 Å². The first kappa shape index (κ1) is 16.1. The van der Waals surface area contributed by atoms with E-state index >= 15 is 0 Å². The van der Waals surface area contributed by atoms with Crippen LogP contribution in [0.5, 0.6) is 0 Å². The van der Waals surface area contributed by atoms with Crippen molar-refractivity contribution >= 4 is 38.7 Å². The number of pyridine rings is 1. The van der Waals surface area contributed by atoms with E-state index in [0.29, 0.717) is 0 Å². The maximum atomic E-state index is 12.3. The molecule has 0 aliphatic carbocycles. The molecule has 2 aromatic rings. The molecule has 0 N–H and O–H groups in total. The SMILES string of the molecule is Br.CCc1ccc(C(=O)C(Br)c2ccncc2)cc1. The zero-order valence-electron chi connectivity index (χ0n) is 10.5. The van der Waals surface area contributed by atoms with Crippen LogP contribution in [-0.4, -0.2) is 10.8 Å². The van der Waals surface area contributed by atoms with E-state index in [2.05, 4.69) is 27.8 Å². The fourth-order valence-corrected chi connectivity index (χ4v) is 2.30. The van der Waals surface area contributed by atoms with Crippen LogP contribution in [-0.2, 0) is 6.42 Å². The molecule has 2 nitrogen and oxygen atoms in total. The van der Waals surface area contributed by atoms with Crippen molar-refractivity contribution in [3.8, 4) is 0 Å². The molecule has 4 heteroatoms. The number of hydrogen-bond acceptors (Lipinski definition) is 2. The molecule has 0 bridgehead atoms. The summed E-state index contributed by atoms with van der Waals surface area (Å²) in [5.41, 5.74) is 2.89. The van der Waals surface area contributed by atoms with Crippen LogP contribution in [0.25, 0.3) is 0 Å². The monoisotopic (exact) mass is 383 g/mol. The molecule has 1 aromatic heterocycles. The smallest absolute Gasteiger partial charge is 0.180 e. The van der Waals surface area contributed by atoms with Crippen molar-refractivity contribution in [2.45, 2.75) is 18.2 Å². The minimum atomic E-state index is -0.312. The number of ketones is 1. The molecule has 0 aliphatic rings. The van der Waals surface area contributed by atoms with E-state index in [1.54, 1.807) is 12.4 Å². The molecule has 0 aliphatic heterocycles. The van der Waals surface area contributed by atoms with Crippen molar-refractivity contribution in [2.75, 3.05) is 0 Å². The fourth-order valence-electron chi connectivity index (χ4n) is 1.73. The van der Waals surface area contributed by atoms with Crippen LogP contribution in [0.1, 0.15) is 33.2 Å². The normalized spacial score (nSPS) is 11.5. The Balaban J connectivity index is 0.00000180. The Labute approximate surface area is 132 Å². The average Bonchev–Trinajstić information content (AvgIpc) is 2.47. The first-order valence-corrected chi connectivity index (χ1v) is 6.81. The van der Waals surface area contributed by atoms with Gasteiger partial charge in [-0.2, -0.15) is 0 Å². The van der Waals surface area contributed by atoms with Crippen LogP contribution >= 0.6 is 32.9 Å². The Bertz CT molecular complexity index is 526. The second-order valence-electron chi connectivity index (χ2n) is 4.06. The summed E-state index contributed by atoms with van der Waals surface area (Å²) < 4.78 is 0. The third-order valence-electron chi connectivity index (χ3n) is 2.88. The predicted octanol–water partition coefficient (Wildman–Crippen LogP) is 4.54. The lowest BCUT2D eigenvalue weighted by Gasteiger charge is -2.09. The molecule has 1 heterocycles. The van der Waals surface area contributed by atoms with E-state index in [0.717, 1.165) is 17.5 Å². The van der Waals surface area contributed by atoms with Crippen molar-refractivity contribution in [3.63, 3.8) is 0 Å². The highest BCUT2D eigenvalue weighted by atomic mass is 79.9. The summed E-state index contributed by atoms with van der Waals surface area (Å²) in [7, 11) is 0. The summed E-state index contributed by atoms with van der Waals surface area (Å²) in [5, 5.41) is 0. The Morgan fingerprint density at radius 3 is 2.26 bits per heavy atom. The number of carbonyl (C=O) groups excluding carboxylic acids is 1. The minimum absolute atomic E-state index is 0. The van der Waals surface area contributed by atoms with E-state index in [-0.39, 0.29) is 27.6 Å². The first-order chi connectivity index (χ1) is 8.72. The lowest BCUT2D eigenvalue weighted by Crippen LogP contribution is -2.07. The van der Waals surface area contributed by atoms with E-state index in [1.807, 2.05) is 36.4 Å². The molecule has 1 unspecified atom stereocenters. The number of aryl methyl sites for hydroxylation is 1. The van der Waals surface area contributed by atoms with Crippen LogP contribution in [0.15, 0.2) is 48.8 Å². The van der Waals surface area contributed by atoms with Gasteiger partial charge in [-0.25, -0.2) is 0 Å². The van der Waals surface area contributed by atoms with Gasteiger partial charge in [0, 0.05) is 18.0 Å². The Kier molecular flexibility index (Phi) is 6.38. The number of aromatic nitrogens is 1. The number of rotatable bonds is 4. The van der Waals surface area contributed by atoms with Crippen LogP contribution < -0.4 is 0 Å². The van der Waals surface area contributed by atoms with Gasteiger partial charge in [-0.05, 0) is 29.7 Å². The van der Waals surface area contributed by atoms with E-state index in [1.165, 1.54) is 5.56 Å². The number of Topliss-reactive ketones (excluding diaryl/α,β-unsaturated/α-hetero) is 1. The summed E-state index contributed by atoms with van der Waals surface area (Å²) in [4.78, 5) is 15.9. The number of nitrogens with zero attached hydrogens (tertiary/aromatic N) is 1. The van der Waals surface area contributed by atoms with Crippen molar-refractivity contribution < 1.29 is 4.79 Å². The molecule has 1 aromatic carbocycles. The first-order valence-electron chi connectivity index (χ1n) is 5.89. The van der Waals surface area contributed by atoms with Crippen LogP contribution in [0.4, 0.5) is 0 Å². The zero-order chi connectivity index (χ0) is 13.0. The summed E-state index contributed by atoms with van der Waals surface area (Å²) in [5.74, 6) is 0.0730. The molecule has 2 rings (SSSR count). The highest BCUT2D eigenvalue weighted by Crippen LogP contribution is 2.26. The van der Waals surface area contributed by atoms with E-state index in [9.17, 15) is 4.79 Å². The highest BCUT2D eigenvalue weighted by Gasteiger charge is 2.18. The predicted molar refractivity (Wildman–Crippen MR) is 86.4 cm³/mol. The molecule has 0 radical (unpaired) electrons. The molecule has 0 saturated heterocycles. The Morgan fingerprint density at radius 1 is 1.16 bits per heavy atom. The average molecular weight is 385 g/mol. The van der Waals surface area contributed by atoms with Gasteiger partial charge in [0.2, 0.25) is 0 Å². The van der Waals surface area contributed by atoms with Gasteiger partial charge < -0.3 is 0 Å². The summed E-state index contributed by atoms with van der Waals surface area (Å²) in [6.45, 7) is 2.10. The lowest BCUT2D eigenvalue weighted by molar-refractivity contribution is 0.0991. The molecular weight excluding hydrogens is 370 g/mol. The molecule has 100 valence electrons. The fraction of sp³-hybridized carbons (Fsp3) is 0.200. The lowest BCUT2D eigenvalue weighted by atomic mass is 10.0. The second kappa shape index (κ2) is 7.56. The topological polar surface area (TPSA) is 30.0 Å². The molecular formula is C15H15Br2NO. The zero-order valence-corrected chi connectivity index (χ0v) is 13.8. The molecule has 0 fully saturated rings. The quantitative estimate of drug-likeness (QED) is 0.572. The van der Waals surface area contributed by atoms with Crippen LogP contribution in [0, 0.1) is 0 Å². The van der Waals surface area contributed by atoms with Gasteiger partial charge in [-0.15, -0.1) is 17.0 Å². The number of halogens is 2. The molecule has 1 atom stereocenters. The van der Waals surface area contributed by atoms with Crippen molar-refractivity contribution in [1.29, 1.82) is 0 Å². The number of benzene rings is 1. The highest BCUT2D eigenvalue weighted by molar-refractivity contribution is 9.09. The van der Waals surface area contributed by atoms with Gasteiger partial charge in [0.05, 0.1) is 0 Å². The maximum absolute atomic E-state index is 12.3. The van der Waals surface area contributed by atoms with E-state index in [4.69, 9.17) is 0 Å². The molecule has 0 saturated carbocycles. The van der Waals surface area contributed by atoms with E-state index < -0.39 is 0 Å². The molecule has 0 amide bonds.